The normalized spacial score (nSPS) is 11.8. The Balaban J connectivity index is 0.000000606. The Labute approximate surface area is 95.9 Å². The van der Waals surface area contributed by atoms with Crippen molar-refractivity contribution in [3.05, 3.63) is 36.2 Å². The monoisotopic (exact) mass is 218 g/mol. The Morgan fingerprint density at radius 1 is 1.25 bits per heavy atom. The highest BCUT2D eigenvalue weighted by Crippen LogP contribution is 2.28. The summed E-state index contributed by atoms with van der Waals surface area (Å²) in [5.74, 6) is 0. The van der Waals surface area contributed by atoms with Crippen molar-refractivity contribution in [3.63, 3.8) is 0 Å². The molecule has 1 aromatic carbocycles. The molecule has 86 valence electrons. The maximum absolute atomic E-state index is 9.59. The van der Waals surface area contributed by atoms with Crippen molar-refractivity contribution in [1.29, 1.82) is 0 Å². The molecule has 2 aromatic rings. The number of pyridine rings is 1. The zero-order valence-corrected chi connectivity index (χ0v) is 9.94. The molecule has 0 amide bonds. The molecule has 1 aromatic heterocycles. The van der Waals surface area contributed by atoms with E-state index in [1.54, 1.807) is 19.3 Å². The van der Waals surface area contributed by atoms with Crippen LogP contribution in [-0.2, 0) is 0 Å². The molecule has 0 aliphatic rings. The van der Waals surface area contributed by atoms with Crippen LogP contribution >= 0.6 is 0 Å². The second-order valence-electron chi connectivity index (χ2n) is 3.34. The van der Waals surface area contributed by atoms with Crippen molar-refractivity contribution < 1.29 is 5.11 Å². The lowest BCUT2D eigenvalue weighted by Gasteiger charge is -2.11. The van der Waals surface area contributed by atoms with Crippen LogP contribution in [0.2, 0.25) is 0 Å². The van der Waals surface area contributed by atoms with Gasteiger partial charge in [-0.3, -0.25) is 4.98 Å². The largest absolute Gasteiger partial charge is 0.398 e. The first-order valence-corrected chi connectivity index (χ1v) is 5.50. The molecule has 1 atom stereocenters. The van der Waals surface area contributed by atoms with Gasteiger partial charge in [0.25, 0.3) is 0 Å². The van der Waals surface area contributed by atoms with E-state index >= 15 is 0 Å². The standard InChI is InChI=1S/C11H12N2O.C2H6/c1-7(14)11-9-6-13-5-4-8(9)2-3-10(11)12;1-2/h2-7,14H,12H2,1H3;1-2H3. The molecule has 3 nitrogen and oxygen atoms in total. The summed E-state index contributed by atoms with van der Waals surface area (Å²) in [6.45, 7) is 5.71. The van der Waals surface area contributed by atoms with Crippen LogP contribution in [0.25, 0.3) is 10.8 Å². The molecule has 3 N–H and O–H groups in total. The van der Waals surface area contributed by atoms with Crippen molar-refractivity contribution in [1.82, 2.24) is 4.98 Å². The number of hydrogen-bond acceptors (Lipinski definition) is 3. The SMILES string of the molecule is CC.CC(O)c1c(N)ccc2ccncc12. The molecule has 16 heavy (non-hydrogen) atoms. The van der Waals surface area contributed by atoms with E-state index in [2.05, 4.69) is 4.98 Å². The van der Waals surface area contributed by atoms with Crippen LogP contribution in [0.1, 0.15) is 32.4 Å². The summed E-state index contributed by atoms with van der Waals surface area (Å²) in [6, 6.07) is 5.64. The number of aliphatic hydroxyl groups excluding tert-OH is 1. The van der Waals surface area contributed by atoms with Crippen molar-refractivity contribution >= 4 is 16.5 Å². The van der Waals surface area contributed by atoms with Gasteiger partial charge in [0.1, 0.15) is 0 Å². The van der Waals surface area contributed by atoms with Gasteiger partial charge < -0.3 is 10.8 Å². The second-order valence-corrected chi connectivity index (χ2v) is 3.34. The minimum Gasteiger partial charge on any atom is -0.398 e. The second kappa shape index (κ2) is 5.47. The molecule has 1 unspecified atom stereocenters. The predicted molar refractivity (Wildman–Crippen MR) is 68.1 cm³/mol. The van der Waals surface area contributed by atoms with Crippen LogP contribution in [0.15, 0.2) is 30.6 Å². The van der Waals surface area contributed by atoms with E-state index in [-0.39, 0.29) is 0 Å². The lowest BCUT2D eigenvalue weighted by molar-refractivity contribution is 0.201. The van der Waals surface area contributed by atoms with Crippen LogP contribution in [0, 0.1) is 0 Å². The van der Waals surface area contributed by atoms with Crippen molar-refractivity contribution in [3.8, 4) is 0 Å². The average molecular weight is 218 g/mol. The summed E-state index contributed by atoms with van der Waals surface area (Å²) < 4.78 is 0. The van der Waals surface area contributed by atoms with Crippen molar-refractivity contribution in [2.45, 2.75) is 26.9 Å². The fourth-order valence-corrected chi connectivity index (χ4v) is 1.67. The van der Waals surface area contributed by atoms with Gasteiger partial charge in [0.2, 0.25) is 0 Å². The van der Waals surface area contributed by atoms with Gasteiger partial charge in [0, 0.05) is 29.0 Å². The molecule has 0 radical (unpaired) electrons. The molecule has 0 spiro atoms. The number of anilines is 1. The van der Waals surface area contributed by atoms with Gasteiger partial charge in [0.05, 0.1) is 6.10 Å². The van der Waals surface area contributed by atoms with Gasteiger partial charge in [-0.25, -0.2) is 0 Å². The van der Waals surface area contributed by atoms with Crippen LogP contribution in [0.5, 0.6) is 0 Å². The smallest absolute Gasteiger partial charge is 0.0788 e. The van der Waals surface area contributed by atoms with E-state index in [4.69, 9.17) is 5.73 Å². The van der Waals surface area contributed by atoms with Crippen molar-refractivity contribution in [2.75, 3.05) is 5.73 Å². The Hall–Kier alpha value is -1.61. The lowest BCUT2D eigenvalue weighted by Crippen LogP contribution is -1.99. The van der Waals surface area contributed by atoms with E-state index in [1.165, 1.54) is 0 Å². The number of nitrogen functional groups attached to an aromatic ring is 1. The molecule has 2 rings (SSSR count). The summed E-state index contributed by atoms with van der Waals surface area (Å²) in [4.78, 5) is 4.03. The van der Waals surface area contributed by atoms with Crippen LogP contribution in [-0.4, -0.2) is 10.1 Å². The van der Waals surface area contributed by atoms with E-state index in [9.17, 15) is 5.11 Å². The molecular weight excluding hydrogens is 200 g/mol. The Morgan fingerprint density at radius 2 is 1.94 bits per heavy atom. The number of aliphatic hydroxyl groups is 1. The first kappa shape index (κ1) is 12.5. The van der Waals surface area contributed by atoms with Crippen LogP contribution in [0.3, 0.4) is 0 Å². The zero-order chi connectivity index (χ0) is 12.1. The number of nitrogens with two attached hydrogens (primary N) is 1. The van der Waals surface area contributed by atoms with Gasteiger partial charge >= 0.3 is 0 Å². The highest BCUT2D eigenvalue weighted by molar-refractivity contribution is 5.89. The van der Waals surface area contributed by atoms with Gasteiger partial charge in [-0.05, 0) is 24.4 Å². The Morgan fingerprint density at radius 3 is 2.56 bits per heavy atom. The van der Waals surface area contributed by atoms with E-state index in [1.807, 2.05) is 32.0 Å². The third-order valence-electron chi connectivity index (χ3n) is 2.32. The van der Waals surface area contributed by atoms with E-state index in [0.717, 1.165) is 16.3 Å². The topological polar surface area (TPSA) is 59.1 Å². The molecule has 0 aliphatic carbocycles. The number of fused-ring (bicyclic) bond motifs is 1. The fourth-order valence-electron chi connectivity index (χ4n) is 1.67. The van der Waals surface area contributed by atoms with E-state index in [0.29, 0.717) is 5.69 Å². The summed E-state index contributed by atoms with van der Waals surface area (Å²) in [5, 5.41) is 11.6. The van der Waals surface area contributed by atoms with E-state index < -0.39 is 6.10 Å². The molecule has 0 fully saturated rings. The molecular formula is C13H18N2O. The molecule has 0 aliphatic heterocycles. The summed E-state index contributed by atoms with van der Waals surface area (Å²) in [6.07, 6.45) is 2.89. The zero-order valence-electron chi connectivity index (χ0n) is 9.94. The fraction of sp³-hybridized carbons (Fsp3) is 0.308. The quantitative estimate of drug-likeness (QED) is 0.723. The van der Waals surface area contributed by atoms with Gasteiger partial charge in [0.15, 0.2) is 0 Å². The van der Waals surface area contributed by atoms with Gasteiger partial charge in [-0.15, -0.1) is 0 Å². The Kier molecular flexibility index (Phi) is 4.26. The number of aromatic nitrogens is 1. The first-order valence-electron chi connectivity index (χ1n) is 5.50. The summed E-state index contributed by atoms with van der Waals surface area (Å²) in [5.41, 5.74) is 7.17. The van der Waals surface area contributed by atoms with Gasteiger partial charge in [-0.1, -0.05) is 19.9 Å². The molecule has 0 bridgehead atoms. The minimum absolute atomic E-state index is 0.567. The summed E-state index contributed by atoms with van der Waals surface area (Å²) in [7, 11) is 0. The van der Waals surface area contributed by atoms with Crippen LogP contribution < -0.4 is 5.73 Å². The maximum atomic E-state index is 9.59. The molecule has 3 heteroatoms. The van der Waals surface area contributed by atoms with Gasteiger partial charge in [-0.2, -0.15) is 0 Å². The summed E-state index contributed by atoms with van der Waals surface area (Å²) >= 11 is 0. The maximum Gasteiger partial charge on any atom is 0.0788 e. The third-order valence-corrected chi connectivity index (χ3v) is 2.32. The minimum atomic E-state index is -0.567. The number of hydrogen-bond donors (Lipinski definition) is 2. The first-order chi connectivity index (χ1) is 7.70. The average Bonchev–Trinajstić information content (AvgIpc) is 2.31. The number of benzene rings is 1. The Bertz CT molecular complexity index is 466. The lowest BCUT2D eigenvalue weighted by atomic mass is 10.0. The van der Waals surface area contributed by atoms with Crippen molar-refractivity contribution in [2.24, 2.45) is 0 Å². The molecule has 0 saturated carbocycles. The number of nitrogens with zero attached hydrogens (tertiary/aromatic N) is 1. The van der Waals surface area contributed by atoms with Crippen LogP contribution in [0.4, 0.5) is 5.69 Å². The predicted octanol–water partition coefficient (Wildman–Crippen LogP) is 2.90. The third kappa shape index (κ3) is 2.31. The highest BCUT2D eigenvalue weighted by Gasteiger charge is 2.09. The molecule has 0 saturated heterocycles. The molecule has 1 heterocycles. The highest BCUT2D eigenvalue weighted by atomic mass is 16.3. The number of rotatable bonds is 1.